The first-order valence-electron chi connectivity index (χ1n) is 3.06. The molecule has 50 valence electrons. The van der Waals surface area contributed by atoms with Gasteiger partial charge in [-0.15, -0.1) is 0 Å². The van der Waals surface area contributed by atoms with Crippen molar-refractivity contribution in [2.24, 2.45) is 0 Å². The van der Waals surface area contributed by atoms with Crippen molar-refractivity contribution in [3.8, 4) is 0 Å². The normalized spacial score (nSPS) is 8.90. The van der Waals surface area contributed by atoms with Crippen LogP contribution in [0.15, 0.2) is 24.3 Å². The quantitative estimate of drug-likeness (QED) is 0.563. The summed E-state index contributed by atoms with van der Waals surface area (Å²) in [5.41, 5.74) is 2.20. The predicted molar refractivity (Wildman–Crippen MR) is 44.0 cm³/mol. The Morgan fingerprint density at radius 3 is 2.70 bits per heavy atom. The fraction of sp³-hybridized carbons (Fsp3) is 0.125. The van der Waals surface area contributed by atoms with Gasteiger partial charge in [0.15, 0.2) is 0 Å². The zero-order chi connectivity index (χ0) is 7.40. The summed E-state index contributed by atoms with van der Waals surface area (Å²) < 4.78 is 10.2. The van der Waals surface area contributed by atoms with Crippen LogP contribution in [0.2, 0.25) is 0 Å². The fourth-order valence-electron chi connectivity index (χ4n) is 0.788. The van der Waals surface area contributed by atoms with Crippen LogP contribution in [0, 0.1) is 6.92 Å². The summed E-state index contributed by atoms with van der Waals surface area (Å²) in [6.07, 6.45) is 0. The fourth-order valence-corrected chi connectivity index (χ4v) is 1.19. The minimum absolute atomic E-state index is 0.0752. The van der Waals surface area contributed by atoms with Crippen molar-refractivity contribution in [1.82, 2.24) is 0 Å². The summed E-state index contributed by atoms with van der Waals surface area (Å²) in [4.78, 5) is 0. The molecule has 1 nitrogen and oxygen atoms in total. The minimum atomic E-state index is 0.0752. The van der Waals surface area contributed by atoms with Gasteiger partial charge < -0.3 is 0 Å². The van der Waals surface area contributed by atoms with Gasteiger partial charge in [0.1, 0.15) is 0 Å². The molecule has 2 heteroatoms. The molecule has 1 rings (SSSR count). The first-order valence-corrected chi connectivity index (χ1v) is 3.94. The van der Waals surface area contributed by atoms with Gasteiger partial charge >= 0.3 is 60.8 Å². The van der Waals surface area contributed by atoms with Crippen molar-refractivity contribution in [3.05, 3.63) is 35.4 Å². The molecular formula is C8H8OP+. The molecule has 0 radical (unpaired) electrons. The van der Waals surface area contributed by atoms with E-state index in [4.69, 9.17) is 0 Å². The van der Waals surface area contributed by atoms with Gasteiger partial charge in [-0.05, 0) is 0 Å². The molecule has 0 spiro atoms. The molecular weight excluding hydrogens is 143 g/mol. The molecule has 0 atom stereocenters. The molecule has 0 saturated heterocycles. The van der Waals surface area contributed by atoms with Crippen LogP contribution in [-0.2, 0) is 4.57 Å². The summed E-state index contributed by atoms with van der Waals surface area (Å²) >= 11 is 0. The van der Waals surface area contributed by atoms with Gasteiger partial charge in [-0.2, -0.15) is 0 Å². The van der Waals surface area contributed by atoms with E-state index in [0.717, 1.165) is 11.1 Å². The van der Waals surface area contributed by atoms with Crippen LogP contribution >= 0.6 is 8.08 Å². The van der Waals surface area contributed by atoms with E-state index in [-0.39, 0.29) is 8.08 Å². The van der Waals surface area contributed by atoms with Gasteiger partial charge in [-0.3, -0.25) is 0 Å². The van der Waals surface area contributed by atoms with E-state index in [2.05, 4.69) is 0 Å². The maximum absolute atomic E-state index is 10.2. The van der Waals surface area contributed by atoms with Gasteiger partial charge in [0.05, 0.1) is 0 Å². The third-order valence-electron chi connectivity index (χ3n) is 1.38. The van der Waals surface area contributed by atoms with Crippen LogP contribution in [-0.4, -0.2) is 5.80 Å². The monoisotopic (exact) mass is 151 g/mol. The summed E-state index contributed by atoms with van der Waals surface area (Å²) in [7, 11) is 0.0752. The van der Waals surface area contributed by atoms with Gasteiger partial charge in [-0.1, -0.05) is 0 Å². The Morgan fingerprint density at radius 2 is 2.10 bits per heavy atom. The first kappa shape index (κ1) is 7.43. The van der Waals surface area contributed by atoms with Crippen molar-refractivity contribution >= 4 is 13.9 Å². The van der Waals surface area contributed by atoms with E-state index in [0.29, 0.717) is 0 Å². The molecule has 0 unspecified atom stereocenters. The van der Waals surface area contributed by atoms with Crippen LogP contribution in [0.3, 0.4) is 0 Å². The summed E-state index contributed by atoms with van der Waals surface area (Å²) in [6, 6.07) is 7.84. The Balaban J connectivity index is 3.14. The summed E-state index contributed by atoms with van der Waals surface area (Å²) in [5.74, 6) is 1.66. The Hall–Kier alpha value is -0.680. The maximum atomic E-state index is 10.2. The number of hydrogen-bond acceptors (Lipinski definition) is 1. The Morgan fingerprint density at radius 1 is 1.40 bits per heavy atom. The van der Waals surface area contributed by atoms with E-state index in [1.807, 2.05) is 31.2 Å². The van der Waals surface area contributed by atoms with Gasteiger partial charge in [0.25, 0.3) is 0 Å². The molecule has 10 heavy (non-hydrogen) atoms. The number of rotatable bonds is 1. The molecule has 0 fully saturated rings. The second kappa shape index (κ2) is 3.48. The third kappa shape index (κ3) is 1.65. The van der Waals surface area contributed by atoms with E-state index in [9.17, 15) is 4.57 Å². The van der Waals surface area contributed by atoms with Crippen molar-refractivity contribution in [2.45, 2.75) is 6.92 Å². The zero-order valence-electron chi connectivity index (χ0n) is 5.74. The predicted octanol–water partition coefficient (Wildman–Crippen LogP) is 2.44. The van der Waals surface area contributed by atoms with E-state index in [1.54, 1.807) is 5.80 Å². The molecule has 1 aromatic rings. The molecule has 0 aromatic heterocycles. The topological polar surface area (TPSA) is 17.1 Å². The molecule has 0 heterocycles. The van der Waals surface area contributed by atoms with E-state index >= 15 is 0 Å². The zero-order valence-corrected chi connectivity index (χ0v) is 6.64. The van der Waals surface area contributed by atoms with Crippen molar-refractivity contribution in [3.63, 3.8) is 0 Å². The molecule has 0 aliphatic rings. The molecule has 0 amide bonds. The average Bonchev–Trinajstić information content (AvgIpc) is 1.94. The van der Waals surface area contributed by atoms with E-state index in [1.165, 1.54) is 0 Å². The SMILES string of the molecule is Cc1ccccc1C=[P+]=O. The van der Waals surface area contributed by atoms with Gasteiger partial charge in [0.2, 0.25) is 0 Å². The number of benzene rings is 1. The molecule has 0 N–H and O–H groups in total. The number of aryl methyl sites for hydroxylation is 1. The molecule has 0 saturated carbocycles. The Kier molecular flexibility index (Phi) is 2.58. The summed E-state index contributed by atoms with van der Waals surface area (Å²) in [5, 5.41) is 0. The second-order valence-corrected chi connectivity index (χ2v) is 2.56. The van der Waals surface area contributed by atoms with Crippen LogP contribution in [0.5, 0.6) is 0 Å². The van der Waals surface area contributed by atoms with Crippen LogP contribution < -0.4 is 0 Å². The second-order valence-electron chi connectivity index (χ2n) is 2.09. The standard InChI is InChI=1S/C8H8OP/c1-7-4-2-3-5-8(7)6-10-9/h2-6H,1H3/q+1. The van der Waals surface area contributed by atoms with Gasteiger partial charge in [-0.25, -0.2) is 0 Å². The third-order valence-corrected chi connectivity index (χ3v) is 1.76. The van der Waals surface area contributed by atoms with Crippen molar-refractivity contribution in [2.75, 3.05) is 0 Å². The summed E-state index contributed by atoms with van der Waals surface area (Å²) in [6.45, 7) is 2.00. The molecule has 0 aliphatic heterocycles. The van der Waals surface area contributed by atoms with Crippen LogP contribution in [0.25, 0.3) is 0 Å². The molecule has 0 bridgehead atoms. The average molecular weight is 151 g/mol. The van der Waals surface area contributed by atoms with Crippen LogP contribution in [0.4, 0.5) is 0 Å². The molecule has 1 aromatic carbocycles. The van der Waals surface area contributed by atoms with E-state index < -0.39 is 0 Å². The van der Waals surface area contributed by atoms with Crippen molar-refractivity contribution < 1.29 is 4.57 Å². The Labute approximate surface area is 61.5 Å². The molecule has 0 aliphatic carbocycles. The number of hydrogen-bond donors (Lipinski definition) is 0. The Bertz CT molecular complexity index is 274. The van der Waals surface area contributed by atoms with Crippen LogP contribution in [0.1, 0.15) is 11.1 Å². The van der Waals surface area contributed by atoms with Gasteiger partial charge in [0, 0.05) is 0 Å². The first-order chi connectivity index (χ1) is 4.84. The van der Waals surface area contributed by atoms with Crippen molar-refractivity contribution in [1.29, 1.82) is 0 Å².